The molecular weight excluding hydrogens is 277 g/mol. The summed E-state index contributed by atoms with van der Waals surface area (Å²) >= 11 is 0. The van der Waals surface area contributed by atoms with E-state index in [1.165, 1.54) is 24.3 Å². The molecule has 2 aromatic carbocycles. The van der Waals surface area contributed by atoms with Crippen molar-refractivity contribution in [3.8, 4) is 0 Å². The molecule has 2 rings (SSSR count). The zero-order valence-electron chi connectivity index (χ0n) is 10.1. The number of hydrogen-bond donors (Lipinski definition) is 1. The van der Waals surface area contributed by atoms with E-state index in [1.807, 2.05) is 0 Å². The average molecular weight is 287 g/mol. The third-order valence-electron chi connectivity index (χ3n) is 2.70. The summed E-state index contributed by atoms with van der Waals surface area (Å²) in [7, 11) is 0. The minimum absolute atomic E-state index is 0.0374. The number of benzene rings is 2. The number of halogens is 5. The van der Waals surface area contributed by atoms with Gasteiger partial charge in [0.1, 0.15) is 0 Å². The minimum Gasteiger partial charge on any atom is -0.380 e. The summed E-state index contributed by atoms with van der Waals surface area (Å²) in [6.07, 6.45) is -4.47. The predicted molar refractivity (Wildman–Crippen MR) is 65.1 cm³/mol. The number of hydrogen-bond acceptors (Lipinski definition) is 1. The van der Waals surface area contributed by atoms with Crippen molar-refractivity contribution in [3.05, 3.63) is 65.2 Å². The maximum Gasteiger partial charge on any atom is 0.418 e. The van der Waals surface area contributed by atoms with E-state index in [9.17, 15) is 22.0 Å². The van der Waals surface area contributed by atoms with Crippen molar-refractivity contribution in [2.24, 2.45) is 0 Å². The van der Waals surface area contributed by atoms with Crippen LogP contribution in [0.1, 0.15) is 11.1 Å². The lowest BCUT2D eigenvalue weighted by Gasteiger charge is -2.14. The van der Waals surface area contributed by atoms with Gasteiger partial charge in [0, 0.05) is 12.2 Å². The highest BCUT2D eigenvalue weighted by Crippen LogP contribution is 2.34. The molecule has 0 atom stereocenters. The Bertz CT molecular complexity index is 607. The Morgan fingerprint density at radius 3 is 2.25 bits per heavy atom. The maximum atomic E-state index is 13.0. The van der Waals surface area contributed by atoms with Gasteiger partial charge in [-0.05, 0) is 29.8 Å². The molecular formula is C14H10F5N. The molecule has 6 heteroatoms. The minimum atomic E-state index is -4.47. The molecule has 20 heavy (non-hydrogen) atoms. The Labute approximate surface area is 112 Å². The van der Waals surface area contributed by atoms with Crippen LogP contribution >= 0.6 is 0 Å². The zero-order valence-corrected chi connectivity index (χ0v) is 10.1. The number of nitrogens with one attached hydrogen (secondary N) is 1. The fourth-order valence-corrected chi connectivity index (χ4v) is 1.73. The molecule has 0 aliphatic carbocycles. The van der Waals surface area contributed by atoms with Crippen LogP contribution in [0.25, 0.3) is 0 Å². The van der Waals surface area contributed by atoms with Crippen molar-refractivity contribution in [3.63, 3.8) is 0 Å². The van der Waals surface area contributed by atoms with Crippen molar-refractivity contribution >= 4 is 5.69 Å². The van der Waals surface area contributed by atoms with Gasteiger partial charge in [-0.2, -0.15) is 13.2 Å². The highest BCUT2D eigenvalue weighted by atomic mass is 19.4. The van der Waals surface area contributed by atoms with E-state index < -0.39 is 23.4 Å². The van der Waals surface area contributed by atoms with Crippen molar-refractivity contribution in [2.45, 2.75) is 12.7 Å². The molecule has 1 N–H and O–H groups in total. The van der Waals surface area contributed by atoms with E-state index >= 15 is 0 Å². The van der Waals surface area contributed by atoms with Crippen LogP contribution in [0.15, 0.2) is 42.5 Å². The van der Waals surface area contributed by atoms with Crippen LogP contribution in [0.5, 0.6) is 0 Å². The van der Waals surface area contributed by atoms with Crippen LogP contribution in [0, 0.1) is 11.6 Å². The lowest BCUT2D eigenvalue weighted by molar-refractivity contribution is -0.136. The quantitative estimate of drug-likeness (QED) is 0.814. The van der Waals surface area contributed by atoms with Gasteiger partial charge in [-0.1, -0.05) is 18.2 Å². The topological polar surface area (TPSA) is 12.0 Å². The van der Waals surface area contributed by atoms with Gasteiger partial charge in [0.2, 0.25) is 0 Å². The lowest BCUT2D eigenvalue weighted by Crippen LogP contribution is -2.10. The largest absolute Gasteiger partial charge is 0.418 e. The normalized spacial score (nSPS) is 11.4. The van der Waals surface area contributed by atoms with Crippen molar-refractivity contribution in [1.29, 1.82) is 0 Å². The second-order valence-electron chi connectivity index (χ2n) is 4.15. The third kappa shape index (κ3) is 3.26. The second kappa shape index (κ2) is 5.48. The standard InChI is InChI=1S/C14H10F5N/c15-11-6-5-9(7-12(11)16)8-20-13-4-2-1-3-10(13)14(17,18)19/h1-7,20H,8H2. The Morgan fingerprint density at radius 1 is 0.900 bits per heavy atom. The van der Waals surface area contributed by atoms with E-state index in [0.29, 0.717) is 5.56 Å². The average Bonchev–Trinajstić information content (AvgIpc) is 2.39. The Hall–Kier alpha value is -2.11. The molecule has 0 radical (unpaired) electrons. The van der Waals surface area contributed by atoms with Crippen molar-refractivity contribution in [1.82, 2.24) is 0 Å². The second-order valence-corrected chi connectivity index (χ2v) is 4.15. The van der Waals surface area contributed by atoms with Gasteiger partial charge >= 0.3 is 6.18 Å². The van der Waals surface area contributed by atoms with E-state index in [2.05, 4.69) is 5.32 Å². The van der Waals surface area contributed by atoms with E-state index in [4.69, 9.17) is 0 Å². The summed E-state index contributed by atoms with van der Waals surface area (Å²) in [4.78, 5) is 0. The van der Waals surface area contributed by atoms with Crippen LogP contribution in [-0.4, -0.2) is 0 Å². The number of rotatable bonds is 3. The highest BCUT2D eigenvalue weighted by molar-refractivity contribution is 5.52. The fraction of sp³-hybridized carbons (Fsp3) is 0.143. The highest BCUT2D eigenvalue weighted by Gasteiger charge is 2.32. The van der Waals surface area contributed by atoms with Crippen molar-refractivity contribution in [2.75, 3.05) is 5.32 Å². The van der Waals surface area contributed by atoms with E-state index in [-0.39, 0.29) is 12.2 Å². The van der Waals surface area contributed by atoms with Crippen LogP contribution < -0.4 is 5.32 Å². The van der Waals surface area contributed by atoms with Gasteiger partial charge < -0.3 is 5.32 Å². The van der Waals surface area contributed by atoms with E-state index in [0.717, 1.165) is 18.2 Å². The summed E-state index contributed by atoms with van der Waals surface area (Å²) < 4.78 is 64.0. The Balaban J connectivity index is 2.17. The number of alkyl halides is 3. The smallest absolute Gasteiger partial charge is 0.380 e. The van der Waals surface area contributed by atoms with E-state index in [1.54, 1.807) is 0 Å². The summed E-state index contributed by atoms with van der Waals surface area (Å²) in [5.74, 6) is -2.03. The first kappa shape index (κ1) is 14.3. The van der Waals surface area contributed by atoms with Gasteiger partial charge in [-0.15, -0.1) is 0 Å². The molecule has 0 saturated carbocycles. The first-order valence-corrected chi connectivity index (χ1v) is 5.72. The van der Waals surface area contributed by atoms with Crippen LogP contribution in [-0.2, 0) is 12.7 Å². The van der Waals surface area contributed by atoms with Crippen LogP contribution in [0.3, 0.4) is 0 Å². The van der Waals surface area contributed by atoms with Crippen LogP contribution in [0.2, 0.25) is 0 Å². The number of para-hydroxylation sites is 1. The van der Waals surface area contributed by atoms with Gasteiger partial charge in [0.25, 0.3) is 0 Å². The number of anilines is 1. The Kier molecular flexibility index (Phi) is 3.92. The molecule has 1 nitrogen and oxygen atoms in total. The first-order valence-electron chi connectivity index (χ1n) is 5.72. The van der Waals surface area contributed by atoms with Gasteiger partial charge in [-0.25, -0.2) is 8.78 Å². The van der Waals surface area contributed by atoms with Gasteiger partial charge in [0.05, 0.1) is 5.56 Å². The fourth-order valence-electron chi connectivity index (χ4n) is 1.73. The molecule has 106 valence electrons. The molecule has 0 aliphatic heterocycles. The molecule has 0 aliphatic rings. The lowest BCUT2D eigenvalue weighted by atomic mass is 10.1. The summed E-state index contributed by atoms with van der Waals surface area (Å²) in [6.45, 7) is -0.0374. The first-order chi connectivity index (χ1) is 9.38. The zero-order chi connectivity index (χ0) is 14.8. The molecule has 0 amide bonds. The third-order valence-corrected chi connectivity index (χ3v) is 2.70. The molecule has 0 bridgehead atoms. The molecule has 0 spiro atoms. The molecule has 2 aromatic rings. The molecule has 0 fully saturated rings. The Morgan fingerprint density at radius 2 is 1.60 bits per heavy atom. The van der Waals surface area contributed by atoms with Crippen molar-refractivity contribution < 1.29 is 22.0 Å². The monoisotopic (exact) mass is 287 g/mol. The maximum absolute atomic E-state index is 13.0. The van der Waals surface area contributed by atoms with Crippen LogP contribution in [0.4, 0.5) is 27.6 Å². The molecule has 0 aromatic heterocycles. The molecule has 0 heterocycles. The molecule has 0 saturated heterocycles. The van der Waals surface area contributed by atoms with Gasteiger partial charge in [0.15, 0.2) is 11.6 Å². The predicted octanol–water partition coefficient (Wildman–Crippen LogP) is 4.60. The summed E-state index contributed by atoms with van der Waals surface area (Å²) in [5, 5.41) is 2.57. The summed E-state index contributed by atoms with van der Waals surface area (Å²) in [5.41, 5.74) is -0.562. The summed E-state index contributed by atoms with van der Waals surface area (Å²) in [6, 6.07) is 8.16. The SMILES string of the molecule is Fc1ccc(CNc2ccccc2C(F)(F)F)cc1F. The molecule has 0 unspecified atom stereocenters. The van der Waals surface area contributed by atoms with Gasteiger partial charge in [-0.3, -0.25) is 0 Å².